The smallest absolute Gasteiger partial charge is 0.251 e. The molecule has 2 aromatic rings. The maximum absolute atomic E-state index is 14.0. The topological polar surface area (TPSA) is 73.1 Å². The van der Waals surface area contributed by atoms with Crippen molar-refractivity contribution in [2.75, 3.05) is 32.9 Å². The lowest BCUT2D eigenvalue weighted by Crippen LogP contribution is -2.43. The van der Waals surface area contributed by atoms with E-state index >= 15 is 0 Å². The first-order chi connectivity index (χ1) is 14.1. The lowest BCUT2D eigenvalue weighted by atomic mass is 9.75. The van der Waals surface area contributed by atoms with Crippen molar-refractivity contribution in [2.24, 2.45) is 0 Å². The first-order valence-electron chi connectivity index (χ1n) is 9.64. The molecule has 0 N–H and O–H groups in total. The molecular formula is C22H25N5OS. The second-order valence-corrected chi connectivity index (χ2v) is 8.27. The zero-order valence-electron chi connectivity index (χ0n) is 17.0. The Kier molecular flexibility index (Phi) is 6.68. The first-order valence-corrected chi connectivity index (χ1v) is 10.6. The van der Waals surface area contributed by atoms with E-state index < -0.39 is 5.41 Å². The van der Waals surface area contributed by atoms with Crippen LogP contribution in [0.3, 0.4) is 0 Å². The number of hydrogen-bond acceptors (Lipinski definition) is 6. The Bertz CT molecular complexity index is 882. The second kappa shape index (κ2) is 9.21. The predicted molar refractivity (Wildman–Crippen MR) is 115 cm³/mol. The molecule has 1 aliphatic heterocycles. The van der Waals surface area contributed by atoms with Gasteiger partial charge in [0.2, 0.25) is 0 Å². The molecule has 2 aromatic heterocycles. The zero-order chi connectivity index (χ0) is 20.9. The molecule has 0 saturated heterocycles. The van der Waals surface area contributed by atoms with Crippen LogP contribution in [0.2, 0.25) is 0 Å². The Morgan fingerprint density at radius 2 is 1.76 bits per heavy atom. The van der Waals surface area contributed by atoms with Crippen molar-refractivity contribution in [1.29, 1.82) is 5.26 Å². The van der Waals surface area contributed by atoms with Crippen LogP contribution in [0.4, 0.5) is 0 Å². The van der Waals surface area contributed by atoms with Gasteiger partial charge >= 0.3 is 0 Å². The SMILES string of the molecule is CCSC1=C(C#N)C(c2ccccn2)(c2ccccn2)C(=O)N1CCCN(C)C. The fourth-order valence-corrected chi connectivity index (χ4v) is 4.59. The molecule has 0 atom stereocenters. The van der Waals surface area contributed by atoms with Gasteiger partial charge in [-0.2, -0.15) is 5.26 Å². The molecule has 150 valence electrons. The second-order valence-electron chi connectivity index (χ2n) is 7.02. The maximum atomic E-state index is 14.0. The van der Waals surface area contributed by atoms with E-state index in [1.165, 1.54) is 11.8 Å². The van der Waals surface area contributed by atoms with Gasteiger partial charge < -0.3 is 9.80 Å². The zero-order valence-corrected chi connectivity index (χ0v) is 17.8. The summed E-state index contributed by atoms with van der Waals surface area (Å²) < 4.78 is 0. The summed E-state index contributed by atoms with van der Waals surface area (Å²) in [6.07, 6.45) is 4.12. The molecule has 0 bridgehead atoms. The molecule has 0 spiro atoms. The minimum absolute atomic E-state index is 0.152. The lowest BCUT2D eigenvalue weighted by Gasteiger charge is -2.28. The fraction of sp³-hybridized carbons (Fsp3) is 0.364. The van der Waals surface area contributed by atoms with E-state index in [0.717, 1.165) is 23.7 Å². The predicted octanol–water partition coefficient (Wildman–Crippen LogP) is 3.04. The molecule has 0 radical (unpaired) electrons. The highest BCUT2D eigenvalue weighted by Crippen LogP contribution is 2.49. The number of nitrogens with zero attached hydrogens (tertiary/aromatic N) is 5. The molecule has 3 rings (SSSR count). The number of aromatic nitrogens is 2. The van der Waals surface area contributed by atoms with Gasteiger partial charge in [0.1, 0.15) is 0 Å². The van der Waals surface area contributed by atoms with Crippen molar-refractivity contribution in [2.45, 2.75) is 18.8 Å². The van der Waals surface area contributed by atoms with Crippen LogP contribution in [0, 0.1) is 11.3 Å². The Labute approximate surface area is 176 Å². The highest BCUT2D eigenvalue weighted by Gasteiger charge is 2.57. The summed E-state index contributed by atoms with van der Waals surface area (Å²) in [5.74, 6) is 0.611. The number of carbonyl (C=O) groups is 1. The summed E-state index contributed by atoms with van der Waals surface area (Å²) in [5.41, 5.74) is 0.165. The number of pyridine rings is 2. The van der Waals surface area contributed by atoms with Crippen LogP contribution in [0.5, 0.6) is 0 Å². The summed E-state index contributed by atoms with van der Waals surface area (Å²) in [6.45, 7) is 3.43. The van der Waals surface area contributed by atoms with E-state index in [4.69, 9.17) is 0 Å². The molecule has 0 aliphatic carbocycles. The summed E-state index contributed by atoms with van der Waals surface area (Å²) in [5, 5.41) is 10.9. The standard InChI is InChI=1S/C22H25N5OS/c1-4-29-20-17(16-23)22(18-10-5-7-12-24-18,19-11-6-8-13-25-19)21(28)27(20)15-9-14-26(2)3/h5-8,10-13H,4,9,14-15H2,1-3H3. The minimum Gasteiger partial charge on any atom is -0.309 e. The van der Waals surface area contributed by atoms with Gasteiger partial charge in [0.25, 0.3) is 5.91 Å². The van der Waals surface area contributed by atoms with E-state index in [-0.39, 0.29) is 5.91 Å². The molecule has 29 heavy (non-hydrogen) atoms. The highest BCUT2D eigenvalue weighted by molar-refractivity contribution is 8.03. The van der Waals surface area contributed by atoms with Gasteiger partial charge in [-0.15, -0.1) is 11.8 Å². The summed E-state index contributed by atoms with van der Waals surface area (Å²) in [6, 6.07) is 13.3. The molecule has 0 aromatic carbocycles. The number of carbonyl (C=O) groups excluding carboxylic acids is 1. The number of nitriles is 1. The highest BCUT2D eigenvalue weighted by atomic mass is 32.2. The van der Waals surface area contributed by atoms with Gasteiger partial charge in [-0.05, 0) is 57.1 Å². The average Bonchev–Trinajstić information content (AvgIpc) is 2.98. The van der Waals surface area contributed by atoms with Crippen LogP contribution in [-0.2, 0) is 10.2 Å². The number of thioether (sulfide) groups is 1. The molecule has 0 saturated carbocycles. The summed E-state index contributed by atoms with van der Waals surface area (Å²) in [4.78, 5) is 26.8. The van der Waals surface area contributed by atoms with Crippen molar-refractivity contribution in [3.63, 3.8) is 0 Å². The van der Waals surface area contributed by atoms with Crippen molar-refractivity contribution in [1.82, 2.24) is 19.8 Å². The van der Waals surface area contributed by atoms with Crippen LogP contribution in [0.25, 0.3) is 0 Å². The normalized spacial score (nSPS) is 15.8. The largest absolute Gasteiger partial charge is 0.309 e. The Morgan fingerprint density at radius 1 is 1.14 bits per heavy atom. The monoisotopic (exact) mass is 407 g/mol. The van der Waals surface area contributed by atoms with E-state index in [0.29, 0.717) is 23.5 Å². The van der Waals surface area contributed by atoms with Crippen LogP contribution >= 0.6 is 11.8 Å². The van der Waals surface area contributed by atoms with Gasteiger partial charge in [0.05, 0.1) is 28.1 Å². The number of hydrogen-bond donors (Lipinski definition) is 0. The van der Waals surface area contributed by atoms with Gasteiger partial charge in [-0.3, -0.25) is 14.8 Å². The van der Waals surface area contributed by atoms with E-state index in [9.17, 15) is 10.1 Å². The van der Waals surface area contributed by atoms with Crippen molar-refractivity contribution >= 4 is 17.7 Å². The Hall–Kier alpha value is -2.69. The first kappa shape index (κ1) is 21.0. The molecule has 0 unspecified atom stereocenters. The van der Waals surface area contributed by atoms with E-state index in [2.05, 4.69) is 20.9 Å². The minimum atomic E-state index is -1.31. The lowest BCUT2D eigenvalue weighted by molar-refractivity contribution is -0.130. The molecule has 7 heteroatoms. The molecular weight excluding hydrogens is 382 g/mol. The summed E-state index contributed by atoms with van der Waals surface area (Å²) in [7, 11) is 4.02. The average molecular weight is 408 g/mol. The Balaban J connectivity index is 2.21. The van der Waals surface area contributed by atoms with Crippen LogP contribution in [0.15, 0.2) is 59.4 Å². The van der Waals surface area contributed by atoms with Crippen LogP contribution in [-0.4, -0.2) is 58.6 Å². The Morgan fingerprint density at radius 3 is 2.21 bits per heavy atom. The van der Waals surface area contributed by atoms with Crippen molar-refractivity contribution < 1.29 is 4.79 Å². The van der Waals surface area contributed by atoms with Gasteiger partial charge in [0, 0.05) is 18.9 Å². The third-order valence-electron chi connectivity index (χ3n) is 4.88. The number of amides is 1. The van der Waals surface area contributed by atoms with Crippen LogP contribution in [0.1, 0.15) is 24.7 Å². The van der Waals surface area contributed by atoms with Gasteiger partial charge in [-0.25, -0.2) is 0 Å². The fourth-order valence-electron chi connectivity index (χ4n) is 3.64. The van der Waals surface area contributed by atoms with Crippen LogP contribution < -0.4 is 0 Å². The molecule has 1 aliphatic rings. The summed E-state index contributed by atoms with van der Waals surface area (Å²) >= 11 is 1.53. The molecule has 3 heterocycles. The third kappa shape index (κ3) is 3.78. The molecule has 6 nitrogen and oxygen atoms in total. The molecule has 1 amide bonds. The van der Waals surface area contributed by atoms with E-state index in [1.54, 1.807) is 29.4 Å². The number of rotatable bonds is 8. The quantitative estimate of drug-likeness (QED) is 0.670. The molecule has 0 fully saturated rings. The van der Waals surface area contributed by atoms with Crippen molar-refractivity contribution in [3.05, 3.63) is 70.8 Å². The van der Waals surface area contributed by atoms with Crippen molar-refractivity contribution in [3.8, 4) is 6.07 Å². The van der Waals surface area contributed by atoms with Gasteiger partial charge in [-0.1, -0.05) is 19.1 Å². The van der Waals surface area contributed by atoms with Gasteiger partial charge in [0.15, 0.2) is 5.41 Å². The maximum Gasteiger partial charge on any atom is 0.251 e. The van der Waals surface area contributed by atoms with E-state index in [1.807, 2.05) is 45.3 Å². The third-order valence-corrected chi connectivity index (χ3v) is 5.86.